The number of nitrogens with one attached hydrogen (secondary N) is 2. The first kappa shape index (κ1) is 25.9. The van der Waals surface area contributed by atoms with Crippen molar-refractivity contribution < 1.29 is 9.84 Å². The molecule has 188 valence electrons. The zero-order valence-corrected chi connectivity index (χ0v) is 21.2. The number of halogens is 1. The second-order valence-electron chi connectivity index (χ2n) is 8.47. The Kier molecular flexibility index (Phi) is 8.43. The van der Waals surface area contributed by atoms with Crippen LogP contribution in [0.1, 0.15) is 30.0 Å². The molecular weight excluding hydrogens is 496 g/mol. The highest BCUT2D eigenvalue weighted by atomic mass is 35.5. The molecule has 2 atom stereocenters. The van der Waals surface area contributed by atoms with Gasteiger partial charge in [-0.1, -0.05) is 78.0 Å². The lowest BCUT2D eigenvalue weighted by atomic mass is 9.98. The fraction of sp³-hybridized carbons (Fsp3) is 0.222. The van der Waals surface area contributed by atoms with Crippen LogP contribution < -0.4 is 22.1 Å². The summed E-state index contributed by atoms with van der Waals surface area (Å²) in [5.74, 6) is -0.379. The van der Waals surface area contributed by atoms with Crippen molar-refractivity contribution in [3.05, 3.63) is 105 Å². The summed E-state index contributed by atoms with van der Waals surface area (Å²) < 4.78 is 6.97. The maximum atomic E-state index is 13.5. The Labute approximate surface area is 219 Å². The number of benzene rings is 3. The van der Waals surface area contributed by atoms with Gasteiger partial charge < -0.3 is 21.3 Å². The Morgan fingerprint density at radius 2 is 1.72 bits per heavy atom. The molecule has 1 aliphatic rings. The molecule has 0 amide bonds. The van der Waals surface area contributed by atoms with Gasteiger partial charge in [0.25, 0.3) is 5.56 Å². The summed E-state index contributed by atoms with van der Waals surface area (Å²) in [6, 6.07) is 24.6. The van der Waals surface area contributed by atoms with Crippen molar-refractivity contribution in [1.82, 2.24) is 15.9 Å². The Morgan fingerprint density at radius 1 is 1.03 bits per heavy atom. The highest BCUT2D eigenvalue weighted by Crippen LogP contribution is 2.37. The molecule has 2 heterocycles. The van der Waals surface area contributed by atoms with Crippen molar-refractivity contribution in [3.63, 3.8) is 0 Å². The van der Waals surface area contributed by atoms with E-state index < -0.39 is 11.6 Å². The topological polar surface area (TPSA) is 117 Å². The van der Waals surface area contributed by atoms with Gasteiger partial charge in [0.1, 0.15) is 0 Å². The van der Waals surface area contributed by atoms with E-state index in [1.54, 1.807) is 12.1 Å². The molecule has 9 heteroatoms. The molecule has 5 rings (SSSR count). The van der Waals surface area contributed by atoms with E-state index in [2.05, 4.69) is 10.4 Å². The third kappa shape index (κ3) is 5.63. The Balaban J connectivity index is 0.00000304. The lowest BCUT2D eigenvalue weighted by molar-refractivity contribution is -0.284. The first-order chi connectivity index (χ1) is 17.1. The standard InChI is InChI=1S/C27H26ClN3O3S.H3N/c28-22-10-4-5-11-23(22)35-25-26(32)30-31(27(25)33)24(18-7-2-1-3-8-18)19-12-14-20(15-13-19)29-21-9-6-16-34-17-21;/h1-5,7-8,10-15,21,24,29,33H,6,9,16-17H2,(H,30,32);1H3/p-1/t21-,24?;/m1./s1. The number of hydrogen-bond donors (Lipinski definition) is 3. The van der Waals surface area contributed by atoms with E-state index in [0.717, 1.165) is 48.0 Å². The summed E-state index contributed by atoms with van der Waals surface area (Å²) >= 11 is 7.36. The second-order valence-corrected chi connectivity index (χ2v) is 9.93. The van der Waals surface area contributed by atoms with Crippen LogP contribution in [0.15, 0.2) is 93.4 Å². The lowest BCUT2D eigenvalue weighted by Gasteiger charge is -2.26. The van der Waals surface area contributed by atoms with Crippen LogP contribution in [-0.4, -0.2) is 29.0 Å². The van der Waals surface area contributed by atoms with Gasteiger partial charge in [0, 0.05) is 29.1 Å². The summed E-state index contributed by atoms with van der Waals surface area (Å²) in [6.07, 6.45) is 2.12. The summed E-state index contributed by atoms with van der Waals surface area (Å²) in [4.78, 5) is 13.6. The minimum atomic E-state index is -0.482. The van der Waals surface area contributed by atoms with E-state index in [1.807, 2.05) is 66.7 Å². The number of anilines is 1. The van der Waals surface area contributed by atoms with Crippen LogP contribution in [0.5, 0.6) is 5.88 Å². The van der Waals surface area contributed by atoms with Crippen LogP contribution in [-0.2, 0) is 4.74 Å². The van der Waals surface area contributed by atoms with Crippen molar-refractivity contribution in [2.24, 2.45) is 0 Å². The molecule has 1 unspecified atom stereocenters. The molecule has 0 bridgehead atoms. The van der Waals surface area contributed by atoms with E-state index >= 15 is 0 Å². The van der Waals surface area contributed by atoms with E-state index in [9.17, 15) is 9.90 Å². The van der Waals surface area contributed by atoms with Gasteiger partial charge in [0.2, 0.25) is 0 Å². The molecule has 0 spiro atoms. The van der Waals surface area contributed by atoms with Crippen LogP contribution in [0.2, 0.25) is 5.02 Å². The highest BCUT2D eigenvalue weighted by Gasteiger charge is 2.21. The smallest absolute Gasteiger partial charge is 0.277 e. The molecule has 0 radical (unpaired) electrons. The molecular formula is C27H28ClN4O3S-. The summed E-state index contributed by atoms with van der Waals surface area (Å²) in [7, 11) is 0. The molecule has 1 aliphatic heterocycles. The van der Waals surface area contributed by atoms with E-state index in [-0.39, 0.29) is 23.0 Å². The number of hydrogen-bond acceptors (Lipinski definition) is 6. The zero-order chi connectivity index (χ0) is 24.2. The Bertz CT molecular complexity index is 1340. The Morgan fingerprint density at radius 3 is 2.42 bits per heavy atom. The minimum absolute atomic E-state index is 0. The van der Waals surface area contributed by atoms with Gasteiger partial charge in [-0.25, -0.2) is 0 Å². The molecule has 7 nitrogen and oxygen atoms in total. The number of nitrogens with zero attached hydrogens (tertiary/aromatic N) is 1. The monoisotopic (exact) mass is 523 g/mol. The van der Waals surface area contributed by atoms with Gasteiger partial charge in [-0.3, -0.25) is 14.6 Å². The van der Waals surface area contributed by atoms with Gasteiger partial charge in [-0.15, -0.1) is 0 Å². The fourth-order valence-electron chi connectivity index (χ4n) is 4.30. The van der Waals surface area contributed by atoms with Gasteiger partial charge in [0.15, 0.2) is 0 Å². The highest BCUT2D eigenvalue weighted by molar-refractivity contribution is 7.99. The zero-order valence-electron chi connectivity index (χ0n) is 19.7. The van der Waals surface area contributed by atoms with Gasteiger partial charge in [-0.05, 0) is 48.2 Å². The predicted molar refractivity (Wildman–Crippen MR) is 143 cm³/mol. The van der Waals surface area contributed by atoms with Crippen molar-refractivity contribution in [2.75, 3.05) is 18.5 Å². The van der Waals surface area contributed by atoms with Crippen molar-refractivity contribution in [3.8, 4) is 5.88 Å². The van der Waals surface area contributed by atoms with Crippen molar-refractivity contribution in [1.29, 1.82) is 0 Å². The maximum Gasteiger partial charge on any atom is 0.277 e. The number of rotatable bonds is 7. The van der Waals surface area contributed by atoms with Crippen LogP contribution in [0, 0.1) is 0 Å². The fourth-order valence-corrected chi connectivity index (χ4v) is 5.41. The molecule has 36 heavy (non-hydrogen) atoms. The van der Waals surface area contributed by atoms with Crippen molar-refractivity contribution in [2.45, 2.75) is 34.7 Å². The Hall–Kier alpha value is -3.17. The summed E-state index contributed by atoms with van der Waals surface area (Å²) in [5, 5.41) is 20.3. The van der Waals surface area contributed by atoms with Crippen LogP contribution in [0.4, 0.5) is 5.69 Å². The predicted octanol–water partition coefficient (Wildman–Crippen LogP) is 5.45. The molecule has 5 N–H and O–H groups in total. The van der Waals surface area contributed by atoms with Crippen LogP contribution in [0.3, 0.4) is 0 Å². The summed E-state index contributed by atoms with van der Waals surface area (Å²) in [5.41, 5.74) is 2.34. The van der Waals surface area contributed by atoms with E-state index in [1.165, 1.54) is 4.68 Å². The van der Waals surface area contributed by atoms with Gasteiger partial charge >= 0.3 is 0 Å². The molecule has 0 saturated carbocycles. The van der Waals surface area contributed by atoms with E-state index in [4.69, 9.17) is 16.3 Å². The number of H-pyrrole nitrogens is 1. The molecule has 1 saturated heterocycles. The number of aromatic amines is 1. The quantitative estimate of drug-likeness (QED) is 0.297. The molecule has 3 aromatic carbocycles. The maximum absolute atomic E-state index is 13.5. The SMILES string of the molecule is N.O=c1[nH]n(C(c2ccccc2)c2ccc(N[C@@H]3CCCOC3)cc2)c([O-])c1Sc1ccccc1Cl. The van der Waals surface area contributed by atoms with Gasteiger partial charge in [0.05, 0.1) is 22.6 Å². The largest absolute Gasteiger partial charge is 0.858 e. The second kappa shape index (κ2) is 11.7. The van der Waals surface area contributed by atoms with Crippen molar-refractivity contribution >= 4 is 29.1 Å². The average Bonchev–Trinajstić information content (AvgIpc) is 3.16. The van der Waals surface area contributed by atoms with E-state index in [0.29, 0.717) is 16.5 Å². The van der Waals surface area contributed by atoms with Gasteiger partial charge in [-0.2, -0.15) is 0 Å². The molecule has 1 aromatic heterocycles. The van der Waals surface area contributed by atoms with Crippen LogP contribution >= 0.6 is 23.4 Å². The third-order valence-electron chi connectivity index (χ3n) is 6.02. The minimum Gasteiger partial charge on any atom is -0.858 e. The molecule has 4 aromatic rings. The lowest BCUT2D eigenvalue weighted by Crippen LogP contribution is -2.29. The summed E-state index contributed by atoms with van der Waals surface area (Å²) in [6.45, 7) is 1.52. The first-order valence-corrected chi connectivity index (χ1v) is 12.7. The third-order valence-corrected chi connectivity index (χ3v) is 7.60. The average molecular weight is 524 g/mol. The first-order valence-electron chi connectivity index (χ1n) is 11.5. The van der Waals surface area contributed by atoms with Crippen LogP contribution in [0.25, 0.3) is 0 Å². The normalized spacial score (nSPS) is 16.2. The molecule has 1 fully saturated rings. The number of ether oxygens (including phenoxy) is 1. The molecule has 0 aliphatic carbocycles. The number of aromatic nitrogens is 2.